The van der Waals surface area contributed by atoms with Gasteiger partial charge in [-0.1, -0.05) is 42.5 Å². The van der Waals surface area contributed by atoms with Crippen molar-refractivity contribution in [3.8, 4) is 0 Å². The van der Waals surface area contributed by atoms with E-state index in [2.05, 4.69) is 14.9 Å². The summed E-state index contributed by atoms with van der Waals surface area (Å²) in [6.07, 6.45) is 3.79. The van der Waals surface area contributed by atoms with Crippen LogP contribution in [0.2, 0.25) is 0 Å². The third kappa shape index (κ3) is 4.07. The molecule has 1 fully saturated rings. The number of amidine groups is 1. The number of nitrogens with one attached hydrogen (secondary N) is 1. The van der Waals surface area contributed by atoms with Crippen LogP contribution in [0.5, 0.6) is 0 Å². The average molecular weight is 445 g/mol. The lowest BCUT2D eigenvalue weighted by atomic mass is 10.1. The third-order valence-electron chi connectivity index (χ3n) is 5.10. The molecule has 0 bridgehead atoms. The summed E-state index contributed by atoms with van der Waals surface area (Å²) in [4.78, 5) is 17.2. The summed E-state index contributed by atoms with van der Waals surface area (Å²) in [5, 5.41) is 4.03. The number of halogens is 2. The molecule has 0 saturated carbocycles. The van der Waals surface area contributed by atoms with Crippen molar-refractivity contribution in [2.24, 2.45) is 4.99 Å². The maximum Gasteiger partial charge on any atom is 0.264 e. The molecule has 0 spiro atoms. The van der Waals surface area contributed by atoms with Crippen LogP contribution >= 0.6 is 11.8 Å². The highest BCUT2D eigenvalue weighted by atomic mass is 32.2. The smallest absolute Gasteiger partial charge is 0.264 e. The maximum absolute atomic E-state index is 13.9. The van der Waals surface area contributed by atoms with E-state index in [0.29, 0.717) is 16.6 Å². The Morgan fingerprint density at radius 2 is 1.72 bits per heavy atom. The zero-order chi connectivity index (χ0) is 22.1. The summed E-state index contributed by atoms with van der Waals surface area (Å²) < 4.78 is 29.2. The molecule has 0 atom stereocenters. The number of fused-ring (bicyclic) bond motifs is 1. The number of aliphatic imine (C=N–C) groups is 1. The zero-order valence-corrected chi connectivity index (χ0v) is 17.6. The summed E-state index contributed by atoms with van der Waals surface area (Å²) in [6, 6.07) is 20.5. The normalized spacial score (nSPS) is 16.2. The molecule has 1 amide bonds. The molecular weight excluding hydrogens is 428 g/mol. The van der Waals surface area contributed by atoms with Gasteiger partial charge in [-0.15, -0.1) is 0 Å². The van der Waals surface area contributed by atoms with E-state index in [-0.39, 0.29) is 17.4 Å². The van der Waals surface area contributed by atoms with E-state index in [9.17, 15) is 13.6 Å². The number of hydrogen-bond acceptors (Lipinski definition) is 3. The fraction of sp³-hybridized carbons (Fsp3) is 0.0400. The monoisotopic (exact) mass is 445 g/mol. The summed E-state index contributed by atoms with van der Waals surface area (Å²) >= 11 is 1.17. The van der Waals surface area contributed by atoms with E-state index in [1.165, 1.54) is 30.0 Å². The number of carbonyl (C=O) groups excluding carboxylic acids is 1. The summed E-state index contributed by atoms with van der Waals surface area (Å²) in [5.74, 6) is -0.995. The lowest BCUT2D eigenvalue weighted by Crippen LogP contribution is -2.19. The Hall–Kier alpha value is -3.71. The molecule has 1 saturated heterocycles. The second kappa shape index (κ2) is 8.43. The van der Waals surface area contributed by atoms with Crippen molar-refractivity contribution in [1.29, 1.82) is 0 Å². The molecule has 1 aromatic heterocycles. The number of benzene rings is 3. The maximum atomic E-state index is 13.9. The molecule has 7 heteroatoms. The topological polar surface area (TPSA) is 46.4 Å². The van der Waals surface area contributed by atoms with Crippen LogP contribution in [0.25, 0.3) is 17.0 Å². The Kier molecular flexibility index (Phi) is 5.33. The van der Waals surface area contributed by atoms with Crippen LogP contribution in [0, 0.1) is 11.6 Å². The molecule has 32 heavy (non-hydrogen) atoms. The third-order valence-corrected chi connectivity index (χ3v) is 6.01. The zero-order valence-electron chi connectivity index (χ0n) is 16.8. The quantitative estimate of drug-likeness (QED) is 0.400. The largest absolute Gasteiger partial charge is 0.342 e. The summed E-state index contributed by atoms with van der Waals surface area (Å²) in [7, 11) is 0. The van der Waals surface area contributed by atoms with Gasteiger partial charge in [0.05, 0.1) is 4.91 Å². The van der Waals surface area contributed by atoms with Crippen molar-refractivity contribution >= 4 is 45.5 Å². The van der Waals surface area contributed by atoms with Gasteiger partial charge in [-0.05, 0) is 53.7 Å². The Morgan fingerprint density at radius 3 is 2.53 bits per heavy atom. The first kappa shape index (κ1) is 20.2. The number of aromatic nitrogens is 1. The first-order chi connectivity index (χ1) is 15.6. The van der Waals surface area contributed by atoms with Crippen LogP contribution in [-0.4, -0.2) is 15.6 Å². The number of amides is 1. The van der Waals surface area contributed by atoms with Gasteiger partial charge >= 0.3 is 0 Å². The molecule has 158 valence electrons. The van der Waals surface area contributed by atoms with Gasteiger partial charge in [-0.25, -0.2) is 13.8 Å². The first-order valence-corrected chi connectivity index (χ1v) is 10.7. The van der Waals surface area contributed by atoms with E-state index in [1.807, 2.05) is 36.5 Å². The molecule has 0 unspecified atom stereocenters. The number of nitrogens with zero attached hydrogens (tertiary/aromatic N) is 2. The molecule has 2 heterocycles. The van der Waals surface area contributed by atoms with E-state index in [4.69, 9.17) is 0 Å². The van der Waals surface area contributed by atoms with Gasteiger partial charge in [0.1, 0.15) is 17.3 Å². The predicted octanol–water partition coefficient (Wildman–Crippen LogP) is 5.86. The minimum Gasteiger partial charge on any atom is -0.342 e. The van der Waals surface area contributed by atoms with Crippen LogP contribution in [0.15, 0.2) is 88.9 Å². The second-order valence-electron chi connectivity index (χ2n) is 7.29. The molecule has 0 aliphatic carbocycles. The van der Waals surface area contributed by atoms with Crippen LogP contribution in [0.1, 0.15) is 11.1 Å². The number of hydrogen-bond donors (Lipinski definition) is 1. The van der Waals surface area contributed by atoms with E-state index in [0.717, 1.165) is 22.0 Å². The SMILES string of the molecule is O=C1NC(=Nc2ccccc2F)S/C1=C\c1cn(Cc2ccc(F)cc2)c2ccccc12. The van der Waals surface area contributed by atoms with Gasteiger partial charge in [0, 0.05) is 29.2 Å². The molecule has 4 aromatic rings. The van der Waals surface area contributed by atoms with Crippen LogP contribution in [-0.2, 0) is 11.3 Å². The molecule has 1 N–H and O–H groups in total. The Labute approximate surface area is 187 Å². The minimum atomic E-state index is -0.448. The Morgan fingerprint density at radius 1 is 0.969 bits per heavy atom. The fourth-order valence-corrected chi connectivity index (χ4v) is 4.41. The number of para-hydroxylation sites is 2. The van der Waals surface area contributed by atoms with Crippen molar-refractivity contribution in [1.82, 2.24) is 9.88 Å². The molecule has 1 aliphatic heterocycles. The molecule has 4 nitrogen and oxygen atoms in total. The standard InChI is InChI=1S/C25H17F2N3OS/c26-18-11-9-16(10-12-18)14-30-15-17(19-5-1-4-8-22(19)30)13-23-24(31)29-25(32-23)28-21-7-3-2-6-20(21)27/h1-13,15H,14H2,(H,28,29,31)/b23-13-. The number of thioether (sulfide) groups is 1. The van der Waals surface area contributed by atoms with Gasteiger partial charge < -0.3 is 9.88 Å². The van der Waals surface area contributed by atoms with Crippen molar-refractivity contribution in [2.45, 2.75) is 6.54 Å². The molecule has 0 radical (unpaired) electrons. The van der Waals surface area contributed by atoms with Crippen molar-refractivity contribution in [3.63, 3.8) is 0 Å². The lowest BCUT2D eigenvalue weighted by molar-refractivity contribution is -0.115. The van der Waals surface area contributed by atoms with Gasteiger partial charge in [0.25, 0.3) is 5.91 Å². The van der Waals surface area contributed by atoms with Gasteiger partial charge in [-0.3, -0.25) is 4.79 Å². The second-order valence-corrected chi connectivity index (χ2v) is 8.32. The van der Waals surface area contributed by atoms with Gasteiger partial charge in [0.15, 0.2) is 5.17 Å². The highest BCUT2D eigenvalue weighted by Crippen LogP contribution is 2.31. The van der Waals surface area contributed by atoms with Crippen LogP contribution < -0.4 is 5.32 Å². The van der Waals surface area contributed by atoms with Crippen LogP contribution in [0.3, 0.4) is 0 Å². The van der Waals surface area contributed by atoms with Crippen molar-refractivity contribution < 1.29 is 13.6 Å². The summed E-state index contributed by atoms with van der Waals surface area (Å²) in [6.45, 7) is 0.573. The highest BCUT2D eigenvalue weighted by molar-refractivity contribution is 8.18. The predicted molar refractivity (Wildman–Crippen MR) is 125 cm³/mol. The van der Waals surface area contributed by atoms with Crippen molar-refractivity contribution in [2.75, 3.05) is 0 Å². The molecule has 1 aliphatic rings. The average Bonchev–Trinajstić information content (AvgIpc) is 3.31. The van der Waals surface area contributed by atoms with Crippen LogP contribution in [0.4, 0.5) is 14.5 Å². The molecule has 3 aromatic carbocycles. The van der Waals surface area contributed by atoms with E-state index in [1.54, 1.807) is 30.3 Å². The highest BCUT2D eigenvalue weighted by Gasteiger charge is 2.24. The van der Waals surface area contributed by atoms with Gasteiger partial charge in [-0.2, -0.15) is 0 Å². The Bertz CT molecular complexity index is 1390. The Balaban J connectivity index is 1.48. The van der Waals surface area contributed by atoms with E-state index >= 15 is 0 Å². The first-order valence-electron chi connectivity index (χ1n) is 9.93. The van der Waals surface area contributed by atoms with E-state index < -0.39 is 5.82 Å². The molecular formula is C25H17F2N3OS. The summed E-state index contributed by atoms with van der Waals surface area (Å²) in [5.41, 5.74) is 3.03. The fourth-order valence-electron chi connectivity index (χ4n) is 3.58. The minimum absolute atomic E-state index is 0.174. The lowest BCUT2D eigenvalue weighted by Gasteiger charge is -2.05. The molecule has 5 rings (SSSR count). The van der Waals surface area contributed by atoms with Crippen molar-refractivity contribution in [3.05, 3.63) is 107 Å². The number of carbonyl (C=O) groups is 1. The van der Waals surface area contributed by atoms with Gasteiger partial charge in [0.2, 0.25) is 0 Å². The number of rotatable bonds is 4.